The molecule has 0 radical (unpaired) electrons. The number of carbonyl (C=O) groups is 1. The third kappa shape index (κ3) is 0.920. The van der Waals surface area contributed by atoms with Crippen molar-refractivity contribution in [1.29, 1.82) is 0 Å². The Hall–Kier alpha value is -0.570. The van der Waals surface area contributed by atoms with E-state index in [1.165, 1.54) is 0 Å². The quantitative estimate of drug-likeness (QED) is 0.554. The fraction of sp³-hybridized carbons (Fsp3) is 0.833. The summed E-state index contributed by atoms with van der Waals surface area (Å²) in [6.45, 7) is 2.40. The van der Waals surface area contributed by atoms with Gasteiger partial charge in [0, 0.05) is 0 Å². The third-order valence-electron chi connectivity index (χ3n) is 2.12. The molecule has 0 heterocycles. The number of carboxylic acid groups (broad SMARTS) is 1. The number of nitrogens with two attached hydrogens (primary N) is 1. The monoisotopic (exact) mass is 129 g/mol. The first kappa shape index (κ1) is 6.55. The number of hydrogen-bond donors (Lipinski definition) is 2. The van der Waals surface area contributed by atoms with Crippen molar-refractivity contribution in [2.75, 3.05) is 6.54 Å². The van der Waals surface area contributed by atoms with E-state index in [-0.39, 0.29) is 11.3 Å². The van der Waals surface area contributed by atoms with Crippen LogP contribution in [0.4, 0.5) is 0 Å². The predicted molar refractivity (Wildman–Crippen MR) is 32.9 cm³/mol. The van der Waals surface area contributed by atoms with Crippen LogP contribution in [0.1, 0.15) is 13.3 Å². The summed E-state index contributed by atoms with van der Waals surface area (Å²) >= 11 is 0. The zero-order valence-electron chi connectivity index (χ0n) is 5.42. The molecule has 0 bridgehead atoms. The van der Waals surface area contributed by atoms with Crippen molar-refractivity contribution in [1.82, 2.24) is 0 Å². The van der Waals surface area contributed by atoms with Crippen molar-refractivity contribution in [2.24, 2.45) is 17.1 Å². The standard InChI is InChI=1S/C6H11NO2/c1-6(3-7)2-4(6)5(8)9/h4H,2-3,7H2,1H3,(H,8,9). The lowest BCUT2D eigenvalue weighted by atomic mass is 10.1. The minimum atomic E-state index is -0.706. The molecule has 0 aliphatic heterocycles. The van der Waals surface area contributed by atoms with Crippen molar-refractivity contribution in [2.45, 2.75) is 13.3 Å². The fourth-order valence-corrected chi connectivity index (χ4v) is 1.02. The second-order valence-corrected chi connectivity index (χ2v) is 2.95. The first-order chi connectivity index (χ1) is 4.10. The summed E-state index contributed by atoms with van der Waals surface area (Å²) in [5.74, 6) is -0.884. The smallest absolute Gasteiger partial charge is 0.307 e. The van der Waals surface area contributed by atoms with Crippen molar-refractivity contribution in [3.05, 3.63) is 0 Å². The van der Waals surface area contributed by atoms with Gasteiger partial charge in [0.25, 0.3) is 0 Å². The lowest BCUT2D eigenvalue weighted by Crippen LogP contribution is -2.17. The van der Waals surface area contributed by atoms with Gasteiger partial charge in [-0.25, -0.2) is 0 Å². The molecule has 2 atom stereocenters. The molecule has 1 rings (SSSR count). The summed E-state index contributed by atoms with van der Waals surface area (Å²) in [5, 5.41) is 8.46. The maximum atomic E-state index is 10.3. The SMILES string of the molecule is CC1(CN)CC1C(=O)O. The van der Waals surface area contributed by atoms with Gasteiger partial charge in [0.15, 0.2) is 0 Å². The van der Waals surface area contributed by atoms with E-state index < -0.39 is 5.97 Å². The van der Waals surface area contributed by atoms with Crippen LogP contribution in [0.15, 0.2) is 0 Å². The average Bonchev–Trinajstić information content (AvgIpc) is 2.44. The van der Waals surface area contributed by atoms with E-state index in [0.29, 0.717) is 6.54 Å². The van der Waals surface area contributed by atoms with Crippen LogP contribution >= 0.6 is 0 Å². The molecular formula is C6H11NO2. The molecule has 0 amide bonds. The highest BCUT2D eigenvalue weighted by molar-refractivity contribution is 5.74. The van der Waals surface area contributed by atoms with E-state index in [1.54, 1.807) is 0 Å². The number of hydrogen-bond acceptors (Lipinski definition) is 2. The molecule has 3 N–H and O–H groups in total. The molecule has 1 saturated carbocycles. The summed E-state index contributed by atoms with van der Waals surface area (Å²) < 4.78 is 0. The van der Waals surface area contributed by atoms with Crippen molar-refractivity contribution < 1.29 is 9.90 Å². The molecule has 9 heavy (non-hydrogen) atoms. The Morgan fingerprint density at radius 1 is 2.00 bits per heavy atom. The van der Waals surface area contributed by atoms with E-state index in [9.17, 15) is 4.79 Å². The van der Waals surface area contributed by atoms with Crippen molar-refractivity contribution in [3.63, 3.8) is 0 Å². The minimum Gasteiger partial charge on any atom is -0.481 e. The fourth-order valence-electron chi connectivity index (χ4n) is 1.02. The normalized spacial score (nSPS) is 40.4. The molecule has 0 spiro atoms. The zero-order chi connectivity index (χ0) is 7.07. The van der Waals surface area contributed by atoms with Gasteiger partial charge in [-0.05, 0) is 18.4 Å². The zero-order valence-corrected chi connectivity index (χ0v) is 5.42. The lowest BCUT2D eigenvalue weighted by Gasteiger charge is -2.01. The van der Waals surface area contributed by atoms with Crippen LogP contribution < -0.4 is 5.73 Å². The van der Waals surface area contributed by atoms with Gasteiger partial charge < -0.3 is 10.8 Å². The van der Waals surface area contributed by atoms with Crippen LogP contribution in [0.2, 0.25) is 0 Å². The second kappa shape index (κ2) is 1.70. The van der Waals surface area contributed by atoms with Crippen LogP contribution in [0, 0.1) is 11.3 Å². The predicted octanol–water partition coefficient (Wildman–Crippen LogP) is 0.0559. The second-order valence-electron chi connectivity index (χ2n) is 2.95. The molecule has 0 saturated heterocycles. The van der Waals surface area contributed by atoms with Crippen LogP contribution in [0.3, 0.4) is 0 Å². The molecule has 1 fully saturated rings. The van der Waals surface area contributed by atoms with Gasteiger partial charge in [0.05, 0.1) is 5.92 Å². The van der Waals surface area contributed by atoms with Gasteiger partial charge in [-0.2, -0.15) is 0 Å². The Balaban J connectivity index is 2.48. The van der Waals surface area contributed by atoms with Gasteiger partial charge in [-0.3, -0.25) is 4.79 Å². The topological polar surface area (TPSA) is 63.3 Å². The van der Waals surface area contributed by atoms with E-state index >= 15 is 0 Å². The van der Waals surface area contributed by atoms with Gasteiger partial charge in [-0.1, -0.05) is 6.92 Å². The van der Waals surface area contributed by atoms with Gasteiger partial charge in [0.2, 0.25) is 0 Å². The van der Waals surface area contributed by atoms with E-state index in [0.717, 1.165) is 6.42 Å². The van der Waals surface area contributed by atoms with Crippen molar-refractivity contribution in [3.8, 4) is 0 Å². The first-order valence-electron chi connectivity index (χ1n) is 3.03. The molecule has 3 nitrogen and oxygen atoms in total. The van der Waals surface area contributed by atoms with Gasteiger partial charge >= 0.3 is 5.97 Å². The number of carboxylic acids is 1. The molecule has 2 unspecified atom stereocenters. The first-order valence-corrected chi connectivity index (χ1v) is 3.03. The highest BCUT2D eigenvalue weighted by Crippen LogP contribution is 2.51. The lowest BCUT2D eigenvalue weighted by molar-refractivity contribution is -0.139. The van der Waals surface area contributed by atoms with Gasteiger partial charge in [-0.15, -0.1) is 0 Å². The highest BCUT2D eigenvalue weighted by atomic mass is 16.4. The van der Waals surface area contributed by atoms with Crippen molar-refractivity contribution >= 4 is 5.97 Å². The molecule has 52 valence electrons. The van der Waals surface area contributed by atoms with E-state index in [4.69, 9.17) is 10.8 Å². The highest BCUT2D eigenvalue weighted by Gasteiger charge is 2.53. The largest absolute Gasteiger partial charge is 0.481 e. The Kier molecular flexibility index (Phi) is 1.24. The molecule has 1 aliphatic carbocycles. The summed E-state index contributed by atoms with van der Waals surface area (Å²) in [6.07, 6.45) is 0.749. The molecule has 3 heteroatoms. The van der Waals surface area contributed by atoms with Crippen LogP contribution in [-0.4, -0.2) is 17.6 Å². The molecule has 1 aliphatic rings. The summed E-state index contributed by atoms with van der Waals surface area (Å²) in [6, 6.07) is 0. The summed E-state index contributed by atoms with van der Waals surface area (Å²) in [7, 11) is 0. The Morgan fingerprint density at radius 2 is 2.56 bits per heavy atom. The maximum Gasteiger partial charge on any atom is 0.307 e. The Bertz CT molecular complexity index is 146. The Morgan fingerprint density at radius 3 is 2.67 bits per heavy atom. The average molecular weight is 129 g/mol. The Labute approximate surface area is 53.9 Å². The minimum absolute atomic E-state index is 0.0914. The van der Waals surface area contributed by atoms with E-state index in [1.807, 2.05) is 6.92 Å². The van der Waals surface area contributed by atoms with Crippen LogP contribution in [0.25, 0.3) is 0 Å². The van der Waals surface area contributed by atoms with Gasteiger partial charge in [0.1, 0.15) is 0 Å². The molecular weight excluding hydrogens is 118 g/mol. The molecule has 0 aromatic rings. The molecule has 0 aromatic heterocycles. The third-order valence-corrected chi connectivity index (χ3v) is 2.12. The van der Waals surface area contributed by atoms with Crippen LogP contribution in [0.5, 0.6) is 0 Å². The maximum absolute atomic E-state index is 10.3. The summed E-state index contributed by atoms with van der Waals surface area (Å²) in [5.41, 5.74) is 5.24. The number of aliphatic carboxylic acids is 1. The number of rotatable bonds is 2. The molecule has 0 aromatic carbocycles. The summed E-state index contributed by atoms with van der Waals surface area (Å²) in [4.78, 5) is 10.3. The van der Waals surface area contributed by atoms with Crippen LogP contribution in [-0.2, 0) is 4.79 Å². The van der Waals surface area contributed by atoms with E-state index in [2.05, 4.69) is 0 Å².